The molecule has 3 nitrogen and oxygen atoms in total. The highest BCUT2D eigenvalue weighted by atomic mass is 35.5. The number of rotatable bonds is 2. The zero-order chi connectivity index (χ0) is 14.1. The molecule has 2 aromatic carbocycles. The van der Waals surface area contributed by atoms with Gasteiger partial charge in [-0.05, 0) is 36.8 Å². The van der Waals surface area contributed by atoms with E-state index in [0.717, 1.165) is 17.8 Å². The molecule has 1 aliphatic heterocycles. The van der Waals surface area contributed by atoms with E-state index in [4.69, 9.17) is 11.6 Å². The van der Waals surface area contributed by atoms with Crippen molar-refractivity contribution in [3.8, 4) is 0 Å². The van der Waals surface area contributed by atoms with Gasteiger partial charge in [-0.25, -0.2) is 0 Å². The Labute approximate surface area is 123 Å². The van der Waals surface area contributed by atoms with Gasteiger partial charge in [-0.1, -0.05) is 36.7 Å². The van der Waals surface area contributed by atoms with Gasteiger partial charge in [0.1, 0.15) is 6.17 Å². The van der Waals surface area contributed by atoms with Crippen LogP contribution in [-0.2, 0) is 0 Å². The van der Waals surface area contributed by atoms with Gasteiger partial charge >= 0.3 is 0 Å². The quantitative estimate of drug-likeness (QED) is 0.906. The SMILES string of the molecule is CC[C@H]1NC(=O)c2ccccc2N1c1cccc(Cl)c1. The predicted octanol–water partition coefficient (Wildman–Crippen LogP) is 3.96. The van der Waals surface area contributed by atoms with Crippen LogP contribution in [0.3, 0.4) is 0 Å². The van der Waals surface area contributed by atoms with E-state index in [-0.39, 0.29) is 12.1 Å². The number of anilines is 2. The van der Waals surface area contributed by atoms with Crippen LogP contribution in [-0.4, -0.2) is 12.1 Å². The molecule has 102 valence electrons. The summed E-state index contributed by atoms with van der Waals surface area (Å²) in [5.74, 6) is -0.0225. The van der Waals surface area contributed by atoms with E-state index >= 15 is 0 Å². The Hall–Kier alpha value is -2.00. The Morgan fingerprint density at radius 1 is 1.20 bits per heavy atom. The maximum atomic E-state index is 12.1. The lowest BCUT2D eigenvalue weighted by molar-refractivity contribution is 0.0929. The number of amides is 1. The first-order valence-electron chi connectivity index (χ1n) is 6.65. The molecule has 0 saturated carbocycles. The maximum absolute atomic E-state index is 12.1. The van der Waals surface area contributed by atoms with Crippen molar-refractivity contribution in [2.45, 2.75) is 19.5 Å². The third kappa shape index (κ3) is 2.14. The van der Waals surface area contributed by atoms with Gasteiger partial charge in [0.15, 0.2) is 0 Å². The van der Waals surface area contributed by atoms with Gasteiger partial charge in [0.2, 0.25) is 0 Å². The first-order chi connectivity index (χ1) is 9.70. The van der Waals surface area contributed by atoms with Crippen molar-refractivity contribution in [2.75, 3.05) is 4.90 Å². The summed E-state index contributed by atoms with van der Waals surface area (Å²) >= 11 is 6.10. The maximum Gasteiger partial charge on any atom is 0.255 e. The molecule has 3 rings (SSSR count). The Morgan fingerprint density at radius 2 is 2.00 bits per heavy atom. The molecule has 1 N–H and O–H groups in total. The Kier molecular flexibility index (Phi) is 3.36. The highest BCUT2D eigenvalue weighted by Gasteiger charge is 2.30. The van der Waals surface area contributed by atoms with Crippen LogP contribution >= 0.6 is 11.6 Å². The molecule has 0 fully saturated rings. The minimum atomic E-state index is -0.0594. The van der Waals surface area contributed by atoms with Crippen molar-refractivity contribution < 1.29 is 4.79 Å². The average molecular weight is 287 g/mol. The van der Waals surface area contributed by atoms with E-state index in [9.17, 15) is 4.79 Å². The highest BCUT2D eigenvalue weighted by Crippen LogP contribution is 2.35. The van der Waals surface area contributed by atoms with Gasteiger partial charge < -0.3 is 10.2 Å². The zero-order valence-electron chi connectivity index (χ0n) is 11.1. The topological polar surface area (TPSA) is 32.3 Å². The summed E-state index contributed by atoms with van der Waals surface area (Å²) in [7, 11) is 0. The summed E-state index contributed by atoms with van der Waals surface area (Å²) < 4.78 is 0. The first-order valence-corrected chi connectivity index (χ1v) is 7.03. The summed E-state index contributed by atoms with van der Waals surface area (Å²) in [6.07, 6.45) is 0.753. The van der Waals surface area contributed by atoms with Crippen molar-refractivity contribution in [2.24, 2.45) is 0 Å². The summed E-state index contributed by atoms with van der Waals surface area (Å²) in [5, 5.41) is 3.72. The van der Waals surface area contributed by atoms with Crippen molar-refractivity contribution >= 4 is 28.9 Å². The van der Waals surface area contributed by atoms with Crippen LogP contribution in [0, 0.1) is 0 Å². The van der Waals surface area contributed by atoms with Gasteiger partial charge in [-0.15, -0.1) is 0 Å². The summed E-state index contributed by atoms with van der Waals surface area (Å²) in [6, 6.07) is 15.3. The molecule has 0 spiro atoms. The van der Waals surface area contributed by atoms with Crippen LogP contribution in [0.15, 0.2) is 48.5 Å². The van der Waals surface area contributed by atoms with Gasteiger partial charge in [0.05, 0.1) is 11.3 Å². The Bertz CT molecular complexity index is 656. The summed E-state index contributed by atoms with van der Waals surface area (Å²) in [5.41, 5.74) is 2.60. The molecule has 0 unspecified atom stereocenters. The molecule has 1 aliphatic rings. The van der Waals surface area contributed by atoms with Gasteiger partial charge in [0, 0.05) is 10.7 Å². The lowest BCUT2D eigenvalue weighted by atomic mass is 10.1. The third-order valence-electron chi connectivity index (χ3n) is 3.49. The molecule has 0 aliphatic carbocycles. The van der Waals surface area contributed by atoms with Crippen LogP contribution in [0.1, 0.15) is 23.7 Å². The molecular formula is C16H15ClN2O. The van der Waals surface area contributed by atoms with Crippen LogP contribution < -0.4 is 10.2 Å². The lowest BCUT2D eigenvalue weighted by Crippen LogP contribution is -2.50. The van der Waals surface area contributed by atoms with Crippen LogP contribution in [0.4, 0.5) is 11.4 Å². The van der Waals surface area contributed by atoms with Gasteiger partial charge in [0.25, 0.3) is 5.91 Å². The number of carbonyl (C=O) groups is 1. The number of nitrogens with one attached hydrogen (secondary N) is 1. The minimum absolute atomic E-state index is 0.0225. The van der Waals surface area contributed by atoms with Crippen molar-refractivity contribution in [1.29, 1.82) is 0 Å². The Morgan fingerprint density at radius 3 is 2.75 bits per heavy atom. The van der Waals surface area contributed by atoms with Crippen LogP contribution in [0.25, 0.3) is 0 Å². The third-order valence-corrected chi connectivity index (χ3v) is 3.73. The summed E-state index contributed by atoms with van der Waals surface area (Å²) in [4.78, 5) is 14.3. The van der Waals surface area contributed by atoms with Crippen LogP contribution in [0.5, 0.6) is 0 Å². The minimum Gasteiger partial charge on any atom is -0.331 e. The monoisotopic (exact) mass is 286 g/mol. The molecule has 1 amide bonds. The van der Waals surface area contributed by atoms with E-state index in [1.54, 1.807) is 0 Å². The second-order valence-corrected chi connectivity index (χ2v) is 5.20. The van der Waals surface area contributed by atoms with E-state index in [0.29, 0.717) is 10.6 Å². The molecule has 0 bridgehead atoms. The second-order valence-electron chi connectivity index (χ2n) is 4.76. The molecule has 20 heavy (non-hydrogen) atoms. The van der Waals surface area contributed by atoms with Crippen molar-refractivity contribution in [3.63, 3.8) is 0 Å². The van der Waals surface area contributed by atoms with Gasteiger partial charge in [-0.3, -0.25) is 4.79 Å². The largest absolute Gasteiger partial charge is 0.331 e. The molecule has 4 heteroatoms. The Balaban J connectivity index is 2.16. The molecule has 1 atom stereocenters. The normalized spacial score (nSPS) is 17.6. The number of carbonyl (C=O) groups excluding carboxylic acids is 1. The smallest absolute Gasteiger partial charge is 0.255 e. The van der Waals surface area contributed by atoms with Crippen molar-refractivity contribution in [1.82, 2.24) is 5.32 Å². The number of halogens is 1. The highest BCUT2D eigenvalue weighted by molar-refractivity contribution is 6.30. The fourth-order valence-electron chi connectivity index (χ4n) is 2.57. The molecule has 2 aromatic rings. The molecule has 0 aromatic heterocycles. The molecule has 0 saturated heterocycles. The first kappa shape index (κ1) is 13.0. The summed E-state index contributed by atoms with van der Waals surface area (Å²) in [6.45, 7) is 2.05. The van der Waals surface area contributed by atoms with Crippen LogP contribution in [0.2, 0.25) is 5.02 Å². The molecule has 1 heterocycles. The number of hydrogen-bond donors (Lipinski definition) is 1. The number of fused-ring (bicyclic) bond motifs is 1. The lowest BCUT2D eigenvalue weighted by Gasteiger charge is -2.38. The molecule has 0 radical (unpaired) electrons. The fourth-order valence-corrected chi connectivity index (χ4v) is 2.75. The van der Waals surface area contributed by atoms with E-state index < -0.39 is 0 Å². The van der Waals surface area contributed by atoms with Crippen molar-refractivity contribution in [3.05, 3.63) is 59.1 Å². The standard InChI is InChI=1S/C16H15ClN2O/c1-2-15-18-16(20)13-8-3-4-9-14(13)19(15)12-7-5-6-11(17)10-12/h3-10,15H,2H2,1H3,(H,18,20)/t15-/m0/s1. The number of nitrogens with zero attached hydrogens (tertiary/aromatic N) is 1. The van der Waals surface area contributed by atoms with E-state index in [2.05, 4.69) is 17.1 Å². The molecular weight excluding hydrogens is 272 g/mol. The zero-order valence-corrected chi connectivity index (χ0v) is 11.9. The second kappa shape index (κ2) is 5.17. The van der Waals surface area contributed by atoms with Gasteiger partial charge in [-0.2, -0.15) is 0 Å². The number of para-hydroxylation sites is 1. The average Bonchev–Trinajstić information content (AvgIpc) is 2.47. The number of hydrogen-bond acceptors (Lipinski definition) is 2. The van der Waals surface area contributed by atoms with E-state index in [1.807, 2.05) is 48.5 Å². The predicted molar refractivity (Wildman–Crippen MR) is 81.6 cm³/mol. The fraction of sp³-hybridized carbons (Fsp3) is 0.188. The number of benzene rings is 2. The van der Waals surface area contributed by atoms with E-state index in [1.165, 1.54) is 0 Å².